The lowest BCUT2D eigenvalue weighted by atomic mass is 9.86. The predicted molar refractivity (Wildman–Crippen MR) is 58.3 cm³/mol. The molecule has 0 saturated heterocycles. The highest BCUT2D eigenvalue weighted by molar-refractivity contribution is 6.18. The quantitative estimate of drug-likeness (QED) is 0.721. The van der Waals surface area contributed by atoms with Gasteiger partial charge in [0, 0.05) is 0 Å². The third-order valence-corrected chi connectivity index (χ3v) is 2.47. The minimum absolute atomic E-state index is 0.0676. The van der Waals surface area contributed by atoms with Crippen molar-refractivity contribution in [1.82, 2.24) is 4.30 Å². The zero-order valence-corrected chi connectivity index (χ0v) is 10.3. The number of hydrogen-bond acceptors (Lipinski definition) is 1. The molecule has 2 nitrogen and oxygen atoms in total. The molecule has 0 unspecified atom stereocenters. The minimum atomic E-state index is -0.484. The first kappa shape index (κ1) is 12.2. The lowest BCUT2D eigenvalue weighted by Crippen LogP contribution is -2.21. The monoisotopic (exact) mass is 221 g/mol. The highest BCUT2D eigenvalue weighted by atomic mass is 27.1. The molecule has 0 fully saturated rings. The third kappa shape index (κ3) is 2.80. The van der Waals surface area contributed by atoms with Crippen LogP contribution < -0.4 is 4.30 Å². The standard InChI is InChI=1S/C11H14FNO.Al/c1-11(2,3)7-4-5-8(10(13)14)9(12)6-7;/h4-6H,1-3H3,(H2,13,14);/q;+1/p-1. The van der Waals surface area contributed by atoms with Crippen molar-refractivity contribution in [3.63, 3.8) is 0 Å². The number of halogens is 1. The number of carbonyl (C=O) groups is 1. The highest BCUT2D eigenvalue weighted by Crippen LogP contribution is 2.23. The first-order valence-corrected chi connectivity index (χ1v) is 5.25. The van der Waals surface area contributed by atoms with Gasteiger partial charge in [-0.15, -0.1) is 0 Å². The van der Waals surface area contributed by atoms with Crippen LogP contribution >= 0.6 is 0 Å². The van der Waals surface area contributed by atoms with E-state index in [4.69, 9.17) is 0 Å². The molecule has 0 saturated carbocycles. The number of carbonyl (C=O) groups excluding carboxylic acids is 1. The zero-order chi connectivity index (χ0) is 11.6. The van der Waals surface area contributed by atoms with Crippen molar-refractivity contribution in [2.24, 2.45) is 0 Å². The SMILES string of the molecule is CC(C)(C)c1ccc(C(=O)[NH][Al])c(F)c1. The Morgan fingerprint density at radius 1 is 1.40 bits per heavy atom. The van der Waals surface area contributed by atoms with Crippen molar-refractivity contribution in [2.75, 3.05) is 0 Å². The van der Waals surface area contributed by atoms with Crippen LogP contribution in [0.2, 0.25) is 0 Å². The summed E-state index contributed by atoms with van der Waals surface area (Å²) in [6.07, 6.45) is 0. The molecular formula is C11H13AlFNO. The summed E-state index contributed by atoms with van der Waals surface area (Å²) in [6, 6.07) is 4.70. The van der Waals surface area contributed by atoms with Gasteiger partial charge in [0.25, 0.3) is 0 Å². The van der Waals surface area contributed by atoms with Crippen LogP contribution in [-0.2, 0) is 5.41 Å². The van der Waals surface area contributed by atoms with Crippen LogP contribution in [0.15, 0.2) is 18.2 Å². The van der Waals surface area contributed by atoms with Gasteiger partial charge in [-0.05, 0) is 23.1 Å². The van der Waals surface area contributed by atoms with Gasteiger partial charge >= 0.3 is 16.5 Å². The molecule has 1 aromatic rings. The lowest BCUT2D eigenvalue weighted by molar-refractivity contribution is 0.0977. The molecule has 1 N–H and O–H groups in total. The van der Waals surface area contributed by atoms with Crippen molar-refractivity contribution in [1.29, 1.82) is 0 Å². The molecule has 0 aliphatic rings. The summed E-state index contributed by atoms with van der Waals surface area (Å²) in [7, 11) is 0. The van der Waals surface area contributed by atoms with Crippen molar-refractivity contribution in [2.45, 2.75) is 26.2 Å². The van der Waals surface area contributed by atoms with Crippen LogP contribution in [0.25, 0.3) is 0 Å². The molecule has 0 heterocycles. The molecule has 2 radical (unpaired) electrons. The first-order chi connectivity index (χ1) is 6.86. The van der Waals surface area contributed by atoms with Crippen LogP contribution in [0.3, 0.4) is 0 Å². The normalized spacial score (nSPS) is 11.2. The van der Waals surface area contributed by atoms with Crippen LogP contribution in [-0.4, -0.2) is 22.4 Å². The Labute approximate surface area is 97.5 Å². The molecule has 15 heavy (non-hydrogen) atoms. The van der Waals surface area contributed by atoms with Crippen LogP contribution in [0.4, 0.5) is 4.39 Å². The van der Waals surface area contributed by atoms with Gasteiger partial charge in [0.1, 0.15) is 5.82 Å². The lowest BCUT2D eigenvalue weighted by Gasteiger charge is -2.19. The van der Waals surface area contributed by atoms with E-state index >= 15 is 0 Å². The smallest absolute Gasteiger partial charge is 0.310 e. The Bertz CT molecular complexity index is 385. The van der Waals surface area contributed by atoms with E-state index in [9.17, 15) is 9.18 Å². The molecular weight excluding hydrogens is 208 g/mol. The van der Waals surface area contributed by atoms with E-state index in [1.54, 1.807) is 6.07 Å². The molecule has 78 valence electrons. The first-order valence-electron chi connectivity index (χ1n) is 4.67. The van der Waals surface area contributed by atoms with Gasteiger partial charge in [-0.1, -0.05) is 26.8 Å². The summed E-state index contributed by atoms with van der Waals surface area (Å²) in [4.78, 5) is 11.2. The van der Waals surface area contributed by atoms with Crippen LogP contribution in [0, 0.1) is 5.82 Å². The Hall–Kier alpha value is -0.848. The molecule has 0 aliphatic carbocycles. The number of rotatable bonds is 1. The van der Waals surface area contributed by atoms with Crippen molar-refractivity contribution in [3.05, 3.63) is 35.1 Å². The summed E-state index contributed by atoms with van der Waals surface area (Å²) in [5, 5.41) is 0. The van der Waals surface area contributed by atoms with Crippen molar-refractivity contribution >= 4 is 22.4 Å². The maximum Gasteiger partial charge on any atom is 0.310 e. The molecule has 0 atom stereocenters. The third-order valence-electron chi connectivity index (χ3n) is 2.21. The summed E-state index contributed by atoms with van der Waals surface area (Å²) in [5.41, 5.74) is 0.829. The average Bonchev–Trinajstić information content (AvgIpc) is 2.15. The second-order valence-electron chi connectivity index (χ2n) is 4.42. The van der Waals surface area contributed by atoms with Gasteiger partial charge in [-0.2, -0.15) is 0 Å². The van der Waals surface area contributed by atoms with Crippen LogP contribution in [0.5, 0.6) is 0 Å². The maximum absolute atomic E-state index is 13.5. The van der Waals surface area contributed by atoms with Crippen LogP contribution in [0.1, 0.15) is 36.7 Å². The summed E-state index contributed by atoms with van der Waals surface area (Å²) >= 11 is 2.06. The Morgan fingerprint density at radius 3 is 2.40 bits per heavy atom. The molecule has 1 rings (SSSR count). The van der Waals surface area contributed by atoms with Gasteiger partial charge in [0.05, 0.1) is 5.56 Å². The van der Waals surface area contributed by atoms with E-state index in [2.05, 4.69) is 20.8 Å². The van der Waals surface area contributed by atoms with E-state index in [1.807, 2.05) is 20.8 Å². The molecule has 0 bridgehead atoms. The molecule has 1 aromatic carbocycles. The fourth-order valence-electron chi connectivity index (χ4n) is 1.24. The topological polar surface area (TPSA) is 29.1 Å². The fraction of sp³-hybridized carbons (Fsp3) is 0.364. The van der Waals surface area contributed by atoms with Crippen molar-refractivity contribution < 1.29 is 9.18 Å². The number of benzene rings is 1. The highest BCUT2D eigenvalue weighted by Gasteiger charge is 2.17. The van der Waals surface area contributed by atoms with Gasteiger partial charge in [0.2, 0.25) is 5.91 Å². The second kappa shape index (κ2) is 4.34. The average molecular weight is 221 g/mol. The summed E-state index contributed by atoms with van der Waals surface area (Å²) in [6.45, 7) is 5.99. The Morgan fingerprint density at radius 2 is 2.00 bits per heavy atom. The second-order valence-corrected chi connectivity index (χ2v) is 4.71. The molecule has 4 heteroatoms. The molecule has 1 amide bonds. The molecule has 0 aromatic heterocycles. The summed E-state index contributed by atoms with van der Waals surface area (Å²) < 4.78 is 15.9. The minimum Gasteiger partial charge on any atom is -0.459 e. The Balaban J connectivity index is 3.15. The maximum atomic E-state index is 13.5. The zero-order valence-electron chi connectivity index (χ0n) is 9.10. The van der Waals surface area contributed by atoms with E-state index in [0.717, 1.165) is 5.56 Å². The molecule has 0 spiro atoms. The van der Waals surface area contributed by atoms with Gasteiger partial charge in [0.15, 0.2) is 0 Å². The number of amides is 1. The fourth-order valence-corrected chi connectivity index (χ4v) is 1.40. The Kier molecular flexibility index (Phi) is 3.54. The largest absolute Gasteiger partial charge is 0.459 e. The van der Waals surface area contributed by atoms with Gasteiger partial charge in [-0.25, -0.2) is 4.39 Å². The van der Waals surface area contributed by atoms with E-state index in [-0.39, 0.29) is 11.0 Å². The number of hydrogen-bond donors (Lipinski definition) is 1. The predicted octanol–water partition coefficient (Wildman–Crippen LogP) is 1.94. The van der Waals surface area contributed by atoms with Crippen molar-refractivity contribution in [3.8, 4) is 0 Å². The number of nitrogens with one attached hydrogen (secondary N) is 1. The van der Waals surface area contributed by atoms with E-state index in [0.29, 0.717) is 0 Å². The van der Waals surface area contributed by atoms with Gasteiger partial charge < -0.3 is 4.30 Å². The van der Waals surface area contributed by atoms with E-state index < -0.39 is 11.7 Å². The summed E-state index contributed by atoms with van der Waals surface area (Å²) in [5.74, 6) is -0.916. The van der Waals surface area contributed by atoms with E-state index in [1.165, 1.54) is 12.1 Å². The van der Waals surface area contributed by atoms with Gasteiger partial charge in [-0.3, -0.25) is 4.79 Å². The molecule has 0 aliphatic heterocycles.